The zero-order chi connectivity index (χ0) is 18.6. The summed E-state index contributed by atoms with van der Waals surface area (Å²) in [6.07, 6.45) is 3.47. The lowest BCUT2D eigenvalue weighted by molar-refractivity contribution is -0.136. The zero-order valence-corrected chi connectivity index (χ0v) is 14.9. The highest BCUT2D eigenvalue weighted by atomic mass is 19.1. The van der Waals surface area contributed by atoms with Gasteiger partial charge in [0.25, 0.3) is 0 Å². The Balaban J connectivity index is 1.67. The summed E-state index contributed by atoms with van der Waals surface area (Å²) < 4.78 is 32.3. The van der Waals surface area contributed by atoms with Crippen molar-refractivity contribution < 1.29 is 18.3 Å². The van der Waals surface area contributed by atoms with E-state index >= 15 is 0 Å². The van der Waals surface area contributed by atoms with Crippen LogP contribution in [0.15, 0.2) is 48.5 Å². The summed E-state index contributed by atoms with van der Waals surface area (Å²) in [5.41, 5.74) is 0.267. The molecular formula is C21H23F2NO2. The van der Waals surface area contributed by atoms with Crippen molar-refractivity contribution in [3.8, 4) is 5.75 Å². The molecule has 0 aliphatic heterocycles. The van der Waals surface area contributed by atoms with Crippen LogP contribution in [-0.4, -0.2) is 31.0 Å². The molecule has 0 spiro atoms. The van der Waals surface area contributed by atoms with E-state index < -0.39 is 11.2 Å². The number of nitrogens with zero attached hydrogens (tertiary/aromatic N) is 1. The number of carbonyl (C=O) groups excluding carboxylic acids is 1. The van der Waals surface area contributed by atoms with Gasteiger partial charge in [-0.05, 0) is 42.7 Å². The van der Waals surface area contributed by atoms with Crippen molar-refractivity contribution in [2.24, 2.45) is 0 Å². The number of hydrogen-bond acceptors (Lipinski definition) is 2. The molecule has 1 amide bonds. The van der Waals surface area contributed by atoms with Crippen LogP contribution >= 0.6 is 0 Å². The maximum Gasteiger partial charge on any atom is 0.233 e. The fourth-order valence-corrected chi connectivity index (χ4v) is 3.69. The summed E-state index contributed by atoms with van der Waals surface area (Å²) in [4.78, 5) is 14.8. The van der Waals surface area contributed by atoms with Crippen LogP contribution in [0.2, 0.25) is 0 Å². The van der Waals surface area contributed by atoms with Crippen LogP contribution in [-0.2, 0) is 10.2 Å². The normalized spacial score (nSPS) is 15.7. The second-order valence-electron chi connectivity index (χ2n) is 6.80. The van der Waals surface area contributed by atoms with Crippen molar-refractivity contribution in [2.45, 2.75) is 31.1 Å². The van der Waals surface area contributed by atoms with E-state index in [1.807, 2.05) is 0 Å². The van der Waals surface area contributed by atoms with Crippen molar-refractivity contribution in [3.63, 3.8) is 0 Å². The Bertz CT molecular complexity index is 755. The van der Waals surface area contributed by atoms with E-state index in [-0.39, 0.29) is 24.1 Å². The molecule has 2 aromatic carbocycles. The Kier molecular flexibility index (Phi) is 5.55. The lowest BCUT2D eigenvalue weighted by atomic mass is 9.77. The molecule has 138 valence electrons. The fraction of sp³-hybridized carbons (Fsp3) is 0.381. The van der Waals surface area contributed by atoms with Gasteiger partial charge in [-0.3, -0.25) is 4.79 Å². The van der Waals surface area contributed by atoms with Crippen LogP contribution in [0.3, 0.4) is 0 Å². The number of para-hydroxylation sites is 1. The molecule has 1 fully saturated rings. The molecule has 2 aromatic rings. The second-order valence-corrected chi connectivity index (χ2v) is 6.80. The quantitative estimate of drug-likeness (QED) is 0.769. The minimum atomic E-state index is -0.597. The summed E-state index contributed by atoms with van der Waals surface area (Å²) in [5.74, 6) is -0.526. The number of hydrogen-bond donors (Lipinski definition) is 0. The molecule has 1 saturated carbocycles. The number of ether oxygens (including phenoxy) is 1. The number of halogens is 2. The first kappa shape index (κ1) is 18.4. The molecule has 5 heteroatoms. The molecule has 1 aliphatic carbocycles. The molecule has 0 heterocycles. The lowest BCUT2D eigenvalue weighted by Gasteiger charge is -2.33. The first-order valence-corrected chi connectivity index (χ1v) is 8.92. The molecule has 0 N–H and O–H groups in total. The lowest BCUT2D eigenvalue weighted by Crippen LogP contribution is -2.45. The van der Waals surface area contributed by atoms with E-state index in [9.17, 15) is 13.6 Å². The fourth-order valence-electron chi connectivity index (χ4n) is 3.69. The molecule has 0 aromatic heterocycles. The largest absolute Gasteiger partial charge is 0.489 e. The van der Waals surface area contributed by atoms with Gasteiger partial charge in [-0.2, -0.15) is 0 Å². The van der Waals surface area contributed by atoms with E-state index in [4.69, 9.17) is 4.74 Å². The van der Waals surface area contributed by atoms with Crippen LogP contribution in [0.4, 0.5) is 8.78 Å². The van der Waals surface area contributed by atoms with E-state index in [2.05, 4.69) is 0 Å². The van der Waals surface area contributed by atoms with Gasteiger partial charge in [0.15, 0.2) is 11.6 Å². The van der Waals surface area contributed by atoms with Crippen LogP contribution in [0.25, 0.3) is 0 Å². The highest BCUT2D eigenvalue weighted by Crippen LogP contribution is 2.42. The van der Waals surface area contributed by atoms with E-state index in [1.54, 1.807) is 42.3 Å². The summed E-state index contributed by atoms with van der Waals surface area (Å²) in [5, 5.41) is 0. The highest BCUT2D eigenvalue weighted by molar-refractivity contribution is 5.88. The summed E-state index contributed by atoms with van der Waals surface area (Å²) in [7, 11) is 1.73. The van der Waals surface area contributed by atoms with Gasteiger partial charge >= 0.3 is 0 Å². The van der Waals surface area contributed by atoms with Crippen molar-refractivity contribution in [2.75, 3.05) is 20.2 Å². The molecule has 0 bridgehead atoms. The smallest absolute Gasteiger partial charge is 0.233 e. The third-order valence-electron chi connectivity index (χ3n) is 5.13. The predicted octanol–water partition coefficient (Wildman–Crippen LogP) is 4.31. The predicted molar refractivity (Wildman–Crippen MR) is 96.1 cm³/mol. The Morgan fingerprint density at radius 1 is 1.08 bits per heavy atom. The van der Waals surface area contributed by atoms with Crippen LogP contribution in [0.1, 0.15) is 31.2 Å². The monoisotopic (exact) mass is 359 g/mol. The first-order chi connectivity index (χ1) is 12.5. The summed E-state index contributed by atoms with van der Waals surface area (Å²) >= 11 is 0. The minimum absolute atomic E-state index is 0.0127. The van der Waals surface area contributed by atoms with Gasteiger partial charge in [-0.25, -0.2) is 8.78 Å². The molecule has 0 atom stereocenters. The van der Waals surface area contributed by atoms with Gasteiger partial charge in [0.1, 0.15) is 12.4 Å². The topological polar surface area (TPSA) is 29.5 Å². The molecule has 1 aliphatic rings. The molecule has 3 nitrogen and oxygen atoms in total. The van der Waals surface area contributed by atoms with Crippen LogP contribution in [0, 0.1) is 11.6 Å². The SMILES string of the molecule is CN(CCOc1ccccc1F)C(=O)C1(c2ccc(F)cc2)CCCC1. The molecule has 3 rings (SSSR count). The Labute approximate surface area is 152 Å². The second kappa shape index (κ2) is 7.85. The molecule has 0 unspecified atom stereocenters. The zero-order valence-electron chi connectivity index (χ0n) is 14.9. The minimum Gasteiger partial charge on any atom is -0.489 e. The van der Waals surface area contributed by atoms with Gasteiger partial charge in [-0.1, -0.05) is 37.1 Å². The average molecular weight is 359 g/mol. The summed E-state index contributed by atoms with van der Waals surface area (Å²) in [6, 6.07) is 12.4. The summed E-state index contributed by atoms with van der Waals surface area (Å²) in [6.45, 7) is 0.568. The standard InChI is InChI=1S/C21H23F2NO2/c1-24(14-15-26-19-7-3-2-6-18(19)23)20(25)21(12-4-5-13-21)16-8-10-17(22)11-9-16/h2-3,6-11H,4-5,12-15H2,1H3. The Morgan fingerprint density at radius 2 is 1.73 bits per heavy atom. The third-order valence-corrected chi connectivity index (χ3v) is 5.13. The Hall–Kier alpha value is -2.43. The van der Waals surface area contributed by atoms with Gasteiger partial charge < -0.3 is 9.64 Å². The van der Waals surface area contributed by atoms with Crippen LogP contribution < -0.4 is 4.74 Å². The third kappa shape index (κ3) is 3.71. The van der Waals surface area contributed by atoms with Crippen molar-refractivity contribution in [1.82, 2.24) is 4.90 Å². The highest BCUT2D eigenvalue weighted by Gasteiger charge is 2.44. The first-order valence-electron chi connectivity index (χ1n) is 8.92. The van der Waals surface area contributed by atoms with E-state index in [0.717, 1.165) is 31.2 Å². The number of rotatable bonds is 6. The van der Waals surface area contributed by atoms with Crippen LogP contribution in [0.5, 0.6) is 5.75 Å². The van der Waals surface area contributed by atoms with Crippen molar-refractivity contribution in [3.05, 3.63) is 65.7 Å². The Morgan fingerprint density at radius 3 is 2.38 bits per heavy atom. The molecule has 26 heavy (non-hydrogen) atoms. The van der Waals surface area contributed by atoms with Crippen molar-refractivity contribution in [1.29, 1.82) is 0 Å². The number of carbonyl (C=O) groups is 1. The van der Waals surface area contributed by atoms with Gasteiger partial charge in [0.2, 0.25) is 5.91 Å². The van der Waals surface area contributed by atoms with E-state index in [1.165, 1.54) is 18.2 Å². The molecule has 0 radical (unpaired) electrons. The van der Waals surface area contributed by atoms with E-state index in [0.29, 0.717) is 6.54 Å². The maximum absolute atomic E-state index is 13.6. The molecule has 0 saturated heterocycles. The van der Waals surface area contributed by atoms with Gasteiger partial charge in [-0.15, -0.1) is 0 Å². The number of likely N-dealkylation sites (N-methyl/N-ethyl adjacent to an activating group) is 1. The maximum atomic E-state index is 13.6. The van der Waals surface area contributed by atoms with Gasteiger partial charge in [0.05, 0.1) is 12.0 Å². The van der Waals surface area contributed by atoms with Gasteiger partial charge in [0, 0.05) is 7.05 Å². The number of amides is 1. The molecular weight excluding hydrogens is 336 g/mol. The number of benzene rings is 2. The average Bonchev–Trinajstić information content (AvgIpc) is 3.14. The van der Waals surface area contributed by atoms with Crippen molar-refractivity contribution >= 4 is 5.91 Å².